The Morgan fingerprint density at radius 2 is 2.26 bits per heavy atom. The Labute approximate surface area is 116 Å². The van der Waals surface area contributed by atoms with E-state index in [4.69, 9.17) is 11.6 Å². The number of halogens is 1. The normalized spacial score (nSPS) is 11.4. The molecule has 0 saturated heterocycles. The van der Waals surface area contributed by atoms with Gasteiger partial charge in [0.05, 0.1) is 5.69 Å². The van der Waals surface area contributed by atoms with Gasteiger partial charge < -0.3 is 0 Å². The van der Waals surface area contributed by atoms with Crippen molar-refractivity contribution in [2.45, 2.75) is 0 Å². The lowest BCUT2D eigenvalue weighted by atomic mass is 10.2. The molecule has 0 fully saturated rings. The summed E-state index contributed by atoms with van der Waals surface area (Å²) in [5.74, 6) is 0. The van der Waals surface area contributed by atoms with E-state index in [1.165, 1.54) is 10.6 Å². The lowest BCUT2D eigenvalue weighted by Crippen LogP contribution is -2.14. The molecule has 5 nitrogen and oxygen atoms in total. The molecule has 19 heavy (non-hydrogen) atoms. The van der Waals surface area contributed by atoms with E-state index in [1.54, 1.807) is 18.5 Å². The van der Waals surface area contributed by atoms with Gasteiger partial charge in [-0.2, -0.15) is 4.52 Å². The number of fused-ring (bicyclic) bond motifs is 1. The van der Waals surface area contributed by atoms with Gasteiger partial charge in [-0.05, 0) is 29.3 Å². The van der Waals surface area contributed by atoms with Crippen molar-refractivity contribution in [3.8, 4) is 0 Å². The number of rotatable bonds is 2. The highest BCUT2D eigenvalue weighted by Crippen LogP contribution is 2.16. The van der Waals surface area contributed by atoms with Crippen molar-refractivity contribution >= 4 is 40.1 Å². The number of aromatic nitrogens is 4. The topological polar surface area (TPSA) is 60.2 Å². The van der Waals surface area contributed by atoms with E-state index in [0.29, 0.717) is 10.7 Å². The molecule has 0 saturated carbocycles. The van der Waals surface area contributed by atoms with Crippen molar-refractivity contribution in [2.75, 3.05) is 0 Å². The predicted molar refractivity (Wildman–Crippen MR) is 75.3 cm³/mol. The molecular weight excluding hydrogens is 284 g/mol. The molecule has 0 aliphatic heterocycles. The summed E-state index contributed by atoms with van der Waals surface area (Å²) in [6, 6.07) is 5.17. The van der Waals surface area contributed by atoms with Crippen molar-refractivity contribution in [3.05, 3.63) is 56.7 Å². The highest BCUT2D eigenvalue weighted by molar-refractivity contribution is 7.20. The van der Waals surface area contributed by atoms with Crippen LogP contribution in [-0.4, -0.2) is 19.6 Å². The zero-order valence-electron chi connectivity index (χ0n) is 9.52. The maximum Gasteiger partial charge on any atom is 0.275 e. The van der Waals surface area contributed by atoms with Crippen molar-refractivity contribution < 1.29 is 0 Å². The van der Waals surface area contributed by atoms with Crippen molar-refractivity contribution in [3.63, 3.8) is 0 Å². The van der Waals surface area contributed by atoms with Crippen LogP contribution in [0.1, 0.15) is 11.3 Å². The fraction of sp³-hybridized carbons (Fsp3) is 0. The van der Waals surface area contributed by atoms with E-state index in [9.17, 15) is 4.79 Å². The zero-order chi connectivity index (χ0) is 13.2. The fourth-order valence-corrected chi connectivity index (χ4v) is 2.47. The minimum Gasteiger partial charge on any atom is -0.267 e. The molecule has 0 spiro atoms. The molecule has 0 bridgehead atoms. The molecule has 0 radical (unpaired) electrons. The van der Waals surface area contributed by atoms with Gasteiger partial charge in [0.15, 0.2) is 0 Å². The second kappa shape index (κ2) is 4.91. The second-order valence-electron chi connectivity index (χ2n) is 3.69. The van der Waals surface area contributed by atoms with Crippen LogP contribution < -0.4 is 5.56 Å². The largest absolute Gasteiger partial charge is 0.275 e. The first-order valence-electron chi connectivity index (χ1n) is 5.37. The van der Waals surface area contributed by atoms with Crippen molar-refractivity contribution in [1.29, 1.82) is 0 Å². The molecular formula is C12H7ClN4OS. The number of nitrogens with zero attached hydrogens (tertiary/aromatic N) is 4. The molecule has 0 amide bonds. The average molecular weight is 291 g/mol. The van der Waals surface area contributed by atoms with Gasteiger partial charge >= 0.3 is 0 Å². The summed E-state index contributed by atoms with van der Waals surface area (Å²) in [4.78, 5) is 20.6. The monoisotopic (exact) mass is 290 g/mol. The molecule has 0 aliphatic rings. The van der Waals surface area contributed by atoms with E-state index in [1.807, 2.05) is 18.2 Å². The van der Waals surface area contributed by atoms with Crippen LogP contribution in [0.3, 0.4) is 0 Å². The van der Waals surface area contributed by atoms with E-state index < -0.39 is 0 Å². The van der Waals surface area contributed by atoms with Crippen LogP contribution in [-0.2, 0) is 0 Å². The summed E-state index contributed by atoms with van der Waals surface area (Å²) >= 11 is 6.92. The maximum atomic E-state index is 11.8. The molecule has 3 heterocycles. The summed E-state index contributed by atoms with van der Waals surface area (Å²) < 4.78 is 1.48. The summed E-state index contributed by atoms with van der Waals surface area (Å²) in [6.45, 7) is 0. The van der Waals surface area contributed by atoms with E-state index in [0.717, 1.165) is 16.9 Å². The van der Waals surface area contributed by atoms with E-state index in [2.05, 4.69) is 15.1 Å². The Morgan fingerprint density at radius 1 is 1.37 bits per heavy atom. The van der Waals surface area contributed by atoms with Crippen LogP contribution in [0.15, 0.2) is 35.4 Å². The third kappa shape index (κ3) is 2.54. The van der Waals surface area contributed by atoms with Crippen LogP contribution in [0.4, 0.5) is 0 Å². The summed E-state index contributed by atoms with van der Waals surface area (Å²) in [5.41, 5.74) is 1.25. The molecule has 3 aromatic rings. The highest BCUT2D eigenvalue weighted by Gasteiger charge is 2.05. The summed E-state index contributed by atoms with van der Waals surface area (Å²) in [5, 5.41) is 3.86. The highest BCUT2D eigenvalue weighted by atomic mass is 35.5. The molecule has 94 valence electrons. The molecule has 0 atom stereocenters. The Kier molecular flexibility index (Phi) is 3.10. The molecule has 0 N–H and O–H groups in total. The number of hydrogen-bond donors (Lipinski definition) is 0. The minimum atomic E-state index is -0.251. The Morgan fingerprint density at radius 3 is 3.05 bits per heavy atom. The lowest BCUT2D eigenvalue weighted by Gasteiger charge is -1.94. The lowest BCUT2D eigenvalue weighted by molar-refractivity contribution is 0.897. The van der Waals surface area contributed by atoms with E-state index in [-0.39, 0.29) is 10.0 Å². The van der Waals surface area contributed by atoms with Crippen molar-refractivity contribution in [2.24, 2.45) is 0 Å². The summed E-state index contributed by atoms with van der Waals surface area (Å²) in [6.07, 6.45) is 7.03. The molecule has 0 aromatic carbocycles. The first-order chi connectivity index (χ1) is 9.22. The van der Waals surface area contributed by atoms with Crippen LogP contribution in [0.25, 0.3) is 17.1 Å². The van der Waals surface area contributed by atoms with Crippen molar-refractivity contribution in [1.82, 2.24) is 19.6 Å². The SMILES string of the molecule is O=c1cc(/C=C/c2cccnc2)nc2sc(Cl)nn12. The molecule has 0 aliphatic carbocycles. The number of pyridine rings is 1. The quantitative estimate of drug-likeness (QED) is 0.727. The smallest absolute Gasteiger partial charge is 0.267 e. The molecule has 7 heteroatoms. The van der Waals surface area contributed by atoms with Crippen LogP contribution in [0.5, 0.6) is 0 Å². The van der Waals surface area contributed by atoms with E-state index >= 15 is 0 Å². The Bertz CT molecular complexity index is 809. The third-order valence-corrected chi connectivity index (χ3v) is 3.38. The Balaban J connectivity index is 2.02. The second-order valence-corrected chi connectivity index (χ2v) is 5.23. The molecule has 3 aromatic heterocycles. The first-order valence-corrected chi connectivity index (χ1v) is 6.56. The third-order valence-electron chi connectivity index (χ3n) is 2.37. The average Bonchev–Trinajstić information content (AvgIpc) is 2.79. The standard InChI is InChI=1S/C12H7ClN4OS/c13-11-16-17-10(18)6-9(15-12(17)19-11)4-3-8-2-1-5-14-7-8/h1-7H/b4-3+. The molecule has 3 rings (SSSR count). The predicted octanol–water partition coefficient (Wildman–Crippen LogP) is 2.37. The van der Waals surface area contributed by atoms with Gasteiger partial charge in [-0.25, -0.2) is 4.98 Å². The minimum absolute atomic E-state index is 0.251. The van der Waals surface area contributed by atoms with Gasteiger partial charge in [-0.15, -0.1) is 5.10 Å². The van der Waals surface area contributed by atoms with Gasteiger partial charge in [-0.1, -0.05) is 23.5 Å². The maximum absolute atomic E-state index is 11.8. The van der Waals surface area contributed by atoms with Gasteiger partial charge in [0.1, 0.15) is 0 Å². The van der Waals surface area contributed by atoms with Gasteiger partial charge in [0, 0.05) is 18.5 Å². The van der Waals surface area contributed by atoms with Crippen LogP contribution in [0, 0.1) is 0 Å². The van der Waals surface area contributed by atoms with Crippen LogP contribution >= 0.6 is 22.9 Å². The zero-order valence-corrected chi connectivity index (χ0v) is 11.1. The Hall–Kier alpha value is -2.05. The molecule has 0 unspecified atom stereocenters. The van der Waals surface area contributed by atoms with Gasteiger partial charge in [0.2, 0.25) is 9.43 Å². The van der Waals surface area contributed by atoms with Crippen LogP contribution in [0.2, 0.25) is 4.47 Å². The van der Waals surface area contributed by atoms with Gasteiger partial charge in [-0.3, -0.25) is 9.78 Å². The number of hydrogen-bond acceptors (Lipinski definition) is 5. The fourth-order valence-electron chi connectivity index (χ4n) is 1.55. The summed E-state index contributed by atoms with van der Waals surface area (Å²) in [7, 11) is 0. The first kappa shape index (κ1) is 12.0. The van der Waals surface area contributed by atoms with Gasteiger partial charge in [0.25, 0.3) is 5.56 Å².